The van der Waals surface area contributed by atoms with E-state index in [0.717, 1.165) is 12.1 Å². The highest BCUT2D eigenvalue weighted by Gasteiger charge is 2.29. The van der Waals surface area contributed by atoms with E-state index < -0.39 is 35.1 Å². The summed E-state index contributed by atoms with van der Waals surface area (Å²) in [5, 5.41) is 2.22. The molecule has 0 heterocycles. The summed E-state index contributed by atoms with van der Waals surface area (Å²) in [6.45, 7) is 4.49. The number of benzene rings is 2. The second kappa shape index (κ2) is 10.1. The normalized spacial score (nSPS) is 12.0. The molecule has 1 N–H and O–H groups in total. The number of carbonyl (C=O) groups excluding carboxylic acids is 2. The number of nitrogens with zero attached hydrogens (tertiary/aromatic N) is 2. The van der Waals surface area contributed by atoms with Crippen LogP contribution in [0.2, 0.25) is 0 Å². The van der Waals surface area contributed by atoms with Crippen molar-refractivity contribution in [1.82, 2.24) is 9.80 Å². The fourth-order valence-electron chi connectivity index (χ4n) is 3.06. The van der Waals surface area contributed by atoms with E-state index in [2.05, 4.69) is 5.32 Å². The lowest BCUT2D eigenvalue weighted by Gasteiger charge is -2.31. The Morgan fingerprint density at radius 1 is 0.966 bits per heavy atom. The van der Waals surface area contributed by atoms with Crippen LogP contribution in [0.15, 0.2) is 42.5 Å². The third-order valence-electron chi connectivity index (χ3n) is 4.57. The molecule has 2 rings (SSSR count). The number of amides is 2. The van der Waals surface area contributed by atoms with Crippen molar-refractivity contribution < 1.29 is 22.8 Å². The molecule has 2 amide bonds. The van der Waals surface area contributed by atoms with Gasteiger partial charge in [0.25, 0.3) is 0 Å². The number of likely N-dealkylation sites (N-methyl/N-ethyl adjacent to an activating group) is 2. The Labute approximate surface area is 168 Å². The minimum atomic E-state index is -1.66. The standard InChI is InChI=1S/C21H24F3N3O2/c1-4-27(5-2)21(29)20(14-9-7-6-8-10-14)26(3)13-17(28)25-16-12-11-15(22)18(23)19(16)24/h6-12,20H,4-5,13H2,1-3H3,(H,25,28)/t20-/m0/s1. The average Bonchev–Trinajstić information content (AvgIpc) is 2.70. The quantitative estimate of drug-likeness (QED) is 0.681. The molecule has 0 fully saturated rings. The van der Waals surface area contributed by atoms with Crippen LogP contribution < -0.4 is 5.32 Å². The first-order valence-corrected chi connectivity index (χ1v) is 9.27. The van der Waals surface area contributed by atoms with Gasteiger partial charge in [0.2, 0.25) is 11.8 Å². The first kappa shape index (κ1) is 22.4. The molecule has 0 aliphatic carbocycles. The molecule has 5 nitrogen and oxygen atoms in total. The minimum absolute atomic E-state index is 0.171. The number of halogens is 3. The van der Waals surface area contributed by atoms with Crippen molar-refractivity contribution in [2.24, 2.45) is 0 Å². The van der Waals surface area contributed by atoms with Crippen LogP contribution in [-0.4, -0.2) is 48.3 Å². The number of carbonyl (C=O) groups is 2. The van der Waals surface area contributed by atoms with E-state index in [1.54, 1.807) is 36.2 Å². The summed E-state index contributed by atoms with van der Waals surface area (Å²) in [7, 11) is 1.60. The largest absolute Gasteiger partial charge is 0.342 e. The van der Waals surface area contributed by atoms with Crippen LogP contribution >= 0.6 is 0 Å². The van der Waals surface area contributed by atoms with Gasteiger partial charge in [-0.15, -0.1) is 0 Å². The molecule has 0 unspecified atom stereocenters. The summed E-state index contributed by atoms with van der Waals surface area (Å²) in [4.78, 5) is 28.6. The fraction of sp³-hybridized carbons (Fsp3) is 0.333. The lowest BCUT2D eigenvalue weighted by molar-refractivity contribution is -0.137. The van der Waals surface area contributed by atoms with Crippen LogP contribution in [0.25, 0.3) is 0 Å². The number of anilines is 1. The van der Waals surface area contributed by atoms with E-state index in [0.29, 0.717) is 18.7 Å². The molecule has 0 saturated carbocycles. The van der Waals surface area contributed by atoms with Crippen molar-refractivity contribution in [1.29, 1.82) is 0 Å². The molecule has 2 aromatic carbocycles. The first-order chi connectivity index (χ1) is 13.8. The highest BCUT2D eigenvalue weighted by molar-refractivity contribution is 5.93. The monoisotopic (exact) mass is 407 g/mol. The molecule has 2 aromatic rings. The lowest BCUT2D eigenvalue weighted by atomic mass is 10.0. The molecule has 0 bridgehead atoms. The predicted molar refractivity (Wildman–Crippen MR) is 105 cm³/mol. The smallest absolute Gasteiger partial charge is 0.244 e. The summed E-state index contributed by atoms with van der Waals surface area (Å²) in [6, 6.07) is 9.93. The fourth-order valence-corrected chi connectivity index (χ4v) is 3.06. The summed E-state index contributed by atoms with van der Waals surface area (Å²) < 4.78 is 40.2. The summed E-state index contributed by atoms with van der Waals surface area (Å²) >= 11 is 0. The number of rotatable bonds is 8. The molecule has 0 aromatic heterocycles. The van der Waals surface area contributed by atoms with Gasteiger partial charge in [-0.2, -0.15) is 0 Å². The van der Waals surface area contributed by atoms with Crippen LogP contribution in [0.3, 0.4) is 0 Å². The van der Waals surface area contributed by atoms with Crippen molar-refractivity contribution in [3.63, 3.8) is 0 Å². The molecule has 0 aliphatic rings. The highest BCUT2D eigenvalue weighted by atomic mass is 19.2. The summed E-state index contributed by atoms with van der Waals surface area (Å²) in [5.74, 6) is -5.30. The molecule has 0 radical (unpaired) electrons. The maximum absolute atomic E-state index is 13.8. The zero-order valence-corrected chi connectivity index (χ0v) is 16.6. The van der Waals surface area contributed by atoms with Gasteiger partial charge in [0.05, 0.1) is 12.2 Å². The summed E-state index contributed by atoms with van der Waals surface area (Å²) in [5.41, 5.74) is 0.243. The lowest BCUT2D eigenvalue weighted by Crippen LogP contribution is -2.44. The van der Waals surface area contributed by atoms with Crippen molar-refractivity contribution in [3.05, 3.63) is 65.5 Å². The van der Waals surface area contributed by atoms with Crippen LogP contribution in [-0.2, 0) is 9.59 Å². The first-order valence-electron chi connectivity index (χ1n) is 9.27. The zero-order valence-electron chi connectivity index (χ0n) is 16.6. The Bertz CT molecular complexity index is 858. The summed E-state index contributed by atoms with van der Waals surface area (Å²) in [6.07, 6.45) is 0. The number of hydrogen-bond acceptors (Lipinski definition) is 3. The van der Waals surface area contributed by atoms with E-state index in [9.17, 15) is 22.8 Å². The molecule has 8 heteroatoms. The van der Waals surface area contributed by atoms with E-state index in [1.807, 2.05) is 19.9 Å². The van der Waals surface area contributed by atoms with Crippen LogP contribution in [0.5, 0.6) is 0 Å². The Kier molecular flexibility index (Phi) is 7.78. The van der Waals surface area contributed by atoms with E-state index in [4.69, 9.17) is 0 Å². The van der Waals surface area contributed by atoms with Gasteiger partial charge in [-0.05, 0) is 38.6 Å². The van der Waals surface area contributed by atoms with Gasteiger partial charge in [-0.25, -0.2) is 13.2 Å². The van der Waals surface area contributed by atoms with Gasteiger partial charge < -0.3 is 10.2 Å². The maximum Gasteiger partial charge on any atom is 0.244 e. The Morgan fingerprint density at radius 2 is 1.59 bits per heavy atom. The maximum atomic E-state index is 13.8. The Hall–Kier alpha value is -2.87. The van der Waals surface area contributed by atoms with Crippen LogP contribution in [0, 0.1) is 17.5 Å². The average molecular weight is 407 g/mol. The van der Waals surface area contributed by atoms with Gasteiger partial charge in [-0.1, -0.05) is 30.3 Å². The van der Waals surface area contributed by atoms with E-state index >= 15 is 0 Å². The van der Waals surface area contributed by atoms with Crippen molar-refractivity contribution in [2.75, 3.05) is 32.0 Å². The second-order valence-corrected chi connectivity index (χ2v) is 6.51. The van der Waals surface area contributed by atoms with Crippen LogP contribution in [0.4, 0.5) is 18.9 Å². The van der Waals surface area contributed by atoms with Crippen molar-refractivity contribution in [2.45, 2.75) is 19.9 Å². The van der Waals surface area contributed by atoms with Gasteiger partial charge in [0.15, 0.2) is 17.5 Å². The number of nitrogens with one attached hydrogen (secondary N) is 1. The molecule has 156 valence electrons. The molecule has 0 saturated heterocycles. The van der Waals surface area contributed by atoms with Gasteiger partial charge in [0, 0.05) is 13.1 Å². The molecule has 0 aliphatic heterocycles. The van der Waals surface area contributed by atoms with E-state index in [1.165, 1.54) is 4.90 Å². The third-order valence-corrected chi connectivity index (χ3v) is 4.57. The molecular weight excluding hydrogens is 383 g/mol. The number of hydrogen-bond donors (Lipinski definition) is 1. The molecular formula is C21H24F3N3O2. The van der Waals surface area contributed by atoms with Crippen LogP contribution in [0.1, 0.15) is 25.5 Å². The van der Waals surface area contributed by atoms with Gasteiger partial charge in [0.1, 0.15) is 6.04 Å². The topological polar surface area (TPSA) is 52.7 Å². The third kappa shape index (κ3) is 5.35. The predicted octanol–water partition coefficient (Wildman–Crippen LogP) is 3.58. The van der Waals surface area contributed by atoms with Gasteiger partial charge >= 0.3 is 0 Å². The zero-order chi connectivity index (χ0) is 21.6. The SMILES string of the molecule is CCN(CC)C(=O)[C@H](c1ccccc1)N(C)CC(=O)Nc1ccc(F)c(F)c1F. The van der Waals surface area contributed by atoms with Crippen molar-refractivity contribution in [3.8, 4) is 0 Å². The van der Waals surface area contributed by atoms with Crippen molar-refractivity contribution >= 4 is 17.5 Å². The Balaban J connectivity index is 2.21. The Morgan fingerprint density at radius 3 is 2.17 bits per heavy atom. The minimum Gasteiger partial charge on any atom is -0.342 e. The second-order valence-electron chi connectivity index (χ2n) is 6.51. The molecule has 29 heavy (non-hydrogen) atoms. The molecule has 0 spiro atoms. The van der Waals surface area contributed by atoms with Gasteiger partial charge in [-0.3, -0.25) is 14.5 Å². The molecule has 1 atom stereocenters. The van der Waals surface area contributed by atoms with E-state index in [-0.39, 0.29) is 12.5 Å². The highest BCUT2D eigenvalue weighted by Crippen LogP contribution is 2.23.